The van der Waals surface area contributed by atoms with E-state index in [0.29, 0.717) is 5.75 Å². The molecular formula is C12H16BrFO. The summed E-state index contributed by atoms with van der Waals surface area (Å²) in [5, 5.41) is 0.875. The van der Waals surface area contributed by atoms with Crippen molar-refractivity contribution >= 4 is 15.9 Å². The van der Waals surface area contributed by atoms with Crippen LogP contribution in [0.15, 0.2) is 18.2 Å². The van der Waals surface area contributed by atoms with Gasteiger partial charge in [0, 0.05) is 5.33 Å². The van der Waals surface area contributed by atoms with Gasteiger partial charge >= 0.3 is 0 Å². The molecule has 0 heterocycles. The number of ether oxygens (including phenoxy) is 1. The second-order valence-corrected chi connectivity index (χ2v) is 4.97. The van der Waals surface area contributed by atoms with Gasteiger partial charge in [0.25, 0.3) is 0 Å². The zero-order chi connectivity index (χ0) is 11.5. The molecule has 0 aromatic heterocycles. The zero-order valence-electron chi connectivity index (χ0n) is 9.31. The van der Waals surface area contributed by atoms with E-state index in [-0.39, 0.29) is 11.2 Å². The molecule has 0 unspecified atom stereocenters. The van der Waals surface area contributed by atoms with Gasteiger partial charge in [0.15, 0.2) is 11.6 Å². The topological polar surface area (TPSA) is 9.23 Å². The van der Waals surface area contributed by atoms with Crippen LogP contribution in [-0.4, -0.2) is 12.4 Å². The van der Waals surface area contributed by atoms with Gasteiger partial charge in [-0.15, -0.1) is 0 Å². The molecule has 0 aliphatic heterocycles. The van der Waals surface area contributed by atoms with E-state index in [1.807, 2.05) is 6.07 Å². The molecule has 0 fully saturated rings. The zero-order valence-corrected chi connectivity index (χ0v) is 10.9. The normalized spacial score (nSPS) is 11.5. The third kappa shape index (κ3) is 3.20. The molecule has 0 bridgehead atoms. The van der Waals surface area contributed by atoms with Crippen molar-refractivity contribution in [2.24, 2.45) is 5.41 Å². The lowest BCUT2D eigenvalue weighted by molar-refractivity contribution is 0.364. The summed E-state index contributed by atoms with van der Waals surface area (Å²) in [6, 6.07) is 5.05. The number of benzene rings is 1. The van der Waals surface area contributed by atoms with Gasteiger partial charge in [-0.2, -0.15) is 0 Å². The number of rotatable bonds is 4. The number of alkyl halides is 1. The molecule has 15 heavy (non-hydrogen) atoms. The second-order valence-electron chi connectivity index (χ2n) is 4.41. The van der Waals surface area contributed by atoms with Crippen molar-refractivity contribution in [1.29, 1.82) is 0 Å². The van der Waals surface area contributed by atoms with Crippen molar-refractivity contribution in [2.45, 2.75) is 20.3 Å². The van der Waals surface area contributed by atoms with Crippen LogP contribution in [-0.2, 0) is 6.42 Å². The third-order valence-electron chi connectivity index (χ3n) is 2.28. The van der Waals surface area contributed by atoms with Gasteiger partial charge in [-0.05, 0) is 23.5 Å². The molecule has 1 rings (SSSR count). The summed E-state index contributed by atoms with van der Waals surface area (Å²) in [4.78, 5) is 0. The van der Waals surface area contributed by atoms with Crippen LogP contribution >= 0.6 is 15.9 Å². The third-order valence-corrected chi connectivity index (χ3v) is 3.80. The molecule has 0 N–H and O–H groups in total. The van der Waals surface area contributed by atoms with Crippen molar-refractivity contribution in [1.82, 2.24) is 0 Å². The fourth-order valence-electron chi connectivity index (χ4n) is 1.48. The minimum absolute atomic E-state index is 0.0983. The molecule has 1 aromatic carbocycles. The molecule has 3 heteroatoms. The Morgan fingerprint density at radius 1 is 1.40 bits per heavy atom. The summed E-state index contributed by atoms with van der Waals surface area (Å²) in [5.41, 5.74) is 1.02. The number of methoxy groups -OCH3 is 1. The SMILES string of the molecule is COc1c(F)cccc1CC(C)(C)CBr. The molecule has 84 valence electrons. The van der Waals surface area contributed by atoms with Crippen molar-refractivity contribution in [3.8, 4) is 5.75 Å². The van der Waals surface area contributed by atoms with Gasteiger partial charge in [-0.25, -0.2) is 4.39 Å². The van der Waals surface area contributed by atoms with Crippen LogP contribution < -0.4 is 4.74 Å². The largest absolute Gasteiger partial charge is 0.493 e. The van der Waals surface area contributed by atoms with Crippen molar-refractivity contribution in [3.63, 3.8) is 0 Å². The van der Waals surface area contributed by atoms with Crippen molar-refractivity contribution < 1.29 is 9.13 Å². The molecule has 1 aromatic rings. The Morgan fingerprint density at radius 3 is 2.60 bits per heavy atom. The Balaban J connectivity index is 2.99. The van der Waals surface area contributed by atoms with Crippen LogP contribution in [0.25, 0.3) is 0 Å². The summed E-state index contributed by atoms with van der Waals surface area (Å²) in [5.74, 6) is 0.0758. The first-order chi connectivity index (χ1) is 7.00. The molecule has 0 atom stereocenters. The predicted molar refractivity (Wildman–Crippen MR) is 64.2 cm³/mol. The Kier molecular flexibility index (Phi) is 4.14. The molecule has 0 saturated carbocycles. The number of hydrogen-bond donors (Lipinski definition) is 0. The maximum absolute atomic E-state index is 13.4. The Morgan fingerprint density at radius 2 is 2.07 bits per heavy atom. The highest BCUT2D eigenvalue weighted by Gasteiger charge is 2.20. The average Bonchev–Trinajstić information content (AvgIpc) is 2.18. The lowest BCUT2D eigenvalue weighted by Crippen LogP contribution is -2.17. The van der Waals surface area contributed by atoms with E-state index in [1.165, 1.54) is 13.2 Å². The molecular weight excluding hydrogens is 259 g/mol. The number of hydrogen-bond acceptors (Lipinski definition) is 1. The summed E-state index contributed by atoms with van der Waals surface area (Å²) in [6.07, 6.45) is 0.791. The van der Waals surface area contributed by atoms with Gasteiger partial charge in [0.1, 0.15) is 0 Å². The fraction of sp³-hybridized carbons (Fsp3) is 0.500. The van der Waals surface area contributed by atoms with Crippen LogP contribution in [0.2, 0.25) is 0 Å². The second kappa shape index (κ2) is 4.97. The number of halogens is 2. The van der Waals surface area contributed by atoms with Crippen LogP contribution in [0, 0.1) is 11.2 Å². The van der Waals surface area contributed by atoms with Gasteiger partial charge in [-0.3, -0.25) is 0 Å². The standard InChI is InChI=1S/C12H16BrFO/c1-12(2,8-13)7-9-5-4-6-10(14)11(9)15-3/h4-6H,7-8H2,1-3H3. The van der Waals surface area contributed by atoms with E-state index in [9.17, 15) is 4.39 Å². The smallest absolute Gasteiger partial charge is 0.165 e. The summed E-state index contributed by atoms with van der Waals surface area (Å²) in [7, 11) is 1.50. The van der Waals surface area contributed by atoms with E-state index < -0.39 is 0 Å². The van der Waals surface area contributed by atoms with Crippen molar-refractivity contribution in [2.75, 3.05) is 12.4 Å². The molecule has 1 nitrogen and oxygen atoms in total. The van der Waals surface area contributed by atoms with Crippen LogP contribution in [0.4, 0.5) is 4.39 Å². The molecule has 0 saturated heterocycles. The van der Waals surface area contributed by atoms with Crippen LogP contribution in [0.3, 0.4) is 0 Å². The minimum atomic E-state index is -0.291. The van der Waals surface area contributed by atoms with Crippen LogP contribution in [0.1, 0.15) is 19.4 Å². The van der Waals surface area contributed by atoms with Crippen molar-refractivity contribution in [3.05, 3.63) is 29.6 Å². The van der Waals surface area contributed by atoms with Gasteiger partial charge in [0.05, 0.1) is 7.11 Å². The van der Waals surface area contributed by atoms with E-state index >= 15 is 0 Å². The van der Waals surface area contributed by atoms with E-state index in [2.05, 4.69) is 29.8 Å². The summed E-state index contributed by atoms with van der Waals surface area (Å²) in [6.45, 7) is 4.26. The summed E-state index contributed by atoms with van der Waals surface area (Å²) >= 11 is 3.46. The first kappa shape index (κ1) is 12.5. The molecule has 0 spiro atoms. The molecule has 0 aliphatic carbocycles. The minimum Gasteiger partial charge on any atom is -0.493 e. The first-order valence-electron chi connectivity index (χ1n) is 4.87. The predicted octanol–water partition coefficient (Wildman–Crippen LogP) is 3.80. The summed E-state index contributed by atoms with van der Waals surface area (Å²) < 4.78 is 18.5. The van der Waals surface area contributed by atoms with Crippen LogP contribution in [0.5, 0.6) is 5.75 Å². The molecule has 0 aliphatic rings. The first-order valence-corrected chi connectivity index (χ1v) is 5.99. The average molecular weight is 275 g/mol. The van der Waals surface area contributed by atoms with Gasteiger partial charge < -0.3 is 4.74 Å². The fourth-order valence-corrected chi connectivity index (χ4v) is 1.68. The number of para-hydroxylation sites is 1. The highest BCUT2D eigenvalue weighted by molar-refractivity contribution is 9.09. The Labute approximate surface area is 98.8 Å². The van der Waals surface area contributed by atoms with Gasteiger partial charge in [-0.1, -0.05) is 41.9 Å². The lowest BCUT2D eigenvalue weighted by atomic mass is 9.87. The highest BCUT2D eigenvalue weighted by Crippen LogP contribution is 2.30. The lowest BCUT2D eigenvalue weighted by Gasteiger charge is -2.22. The maximum atomic E-state index is 13.4. The Bertz CT molecular complexity index is 336. The maximum Gasteiger partial charge on any atom is 0.165 e. The quantitative estimate of drug-likeness (QED) is 0.759. The molecule has 0 amide bonds. The highest BCUT2D eigenvalue weighted by atomic mass is 79.9. The molecule has 0 radical (unpaired) electrons. The van der Waals surface area contributed by atoms with E-state index in [0.717, 1.165) is 17.3 Å². The van der Waals surface area contributed by atoms with E-state index in [1.54, 1.807) is 6.07 Å². The monoisotopic (exact) mass is 274 g/mol. The Hall–Kier alpha value is -0.570. The van der Waals surface area contributed by atoms with E-state index in [4.69, 9.17) is 4.74 Å². The van der Waals surface area contributed by atoms with Gasteiger partial charge in [0.2, 0.25) is 0 Å².